The molecule has 0 fully saturated rings. The van der Waals surface area contributed by atoms with E-state index in [4.69, 9.17) is 19.8 Å². The number of fused-ring (bicyclic) bond motifs is 1. The van der Waals surface area contributed by atoms with Gasteiger partial charge in [0, 0.05) is 43.3 Å². The third-order valence-electron chi connectivity index (χ3n) is 4.76. The number of aromatic nitrogens is 2. The summed E-state index contributed by atoms with van der Waals surface area (Å²) in [6.45, 7) is 9.62. The molecule has 2 aromatic rings. The molecule has 198 valence electrons. The molecule has 2 aromatic heterocycles. The monoisotopic (exact) mass is 532 g/mol. The SMILES string of the molecule is CC(C)N(C)Cc1cnc2n1CCN(Cc1cccs1)C2.O=C(O)C(F)(F)F.O=C(O)C(F)(F)F. The van der Waals surface area contributed by atoms with Crippen LogP contribution < -0.4 is 0 Å². The molecule has 0 atom stereocenters. The van der Waals surface area contributed by atoms with Gasteiger partial charge in [-0.15, -0.1) is 11.3 Å². The first-order valence-electron chi connectivity index (χ1n) is 10.1. The van der Waals surface area contributed by atoms with E-state index in [0.29, 0.717) is 6.04 Å². The normalized spacial score (nSPS) is 14.0. The maximum absolute atomic E-state index is 10.6. The van der Waals surface area contributed by atoms with Crippen LogP contribution >= 0.6 is 11.3 Å². The van der Waals surface area contributed by atoms with E-state index < -0.39 is 24.3 Å². The predicted molar refractivity (Wildman–Crippen MR) is 115 cm³/mol. The Morgan fingerprint density at radius 2 is 1.66 bits per heavy atom. The van der Waals surface area contributed by atoms with Crippen LogP contribution in [0.5, 0.6) is 0 Å². The Bertz CT molecular complexity index is 921. The van der Waals surface area contributed by atoms with Crippen LogP contribution in [0.15, 0.2) is 23.7 Å². The van der Waals surface area contributed by atoms with Crippen molar-refractivity contribution < 1.29 is 46.1 Å². The van der Waals surface area contributed by atoms with Gasteiger partial charge in [0.2, 0.25) is 0 Å². The maximum atomic E-state index is 10.6. The summed E-state index contributed by atoms with van der Waals surface area (Å²) >= 11 is 1.84. The van der Waals surface area contributed by atoms with Gasteiger partial charge >= 0.3 is 24.3 Å². The quantitative estimate of drug-likeness (QED) is 0.561. The van der Waals surface area contributed by atoms with E-state index in [0.717, 1.165) is 32.7 Å². The Morgan fingerprint density at radius 3 is 2.09 bits per heavy atom. The number of carboxylic acid groups (broad SMARTS) is 2. The summed E-state index contributed by atoms with van der Waals surface area (Å²) in [6.07, 6.45) is -8.11. The van der Waals surface area contributed by atoms with Crippen molar-refractivity contribution in [2.24, 2.45) is 0 Å². The zero-order valence-corrected chi connectivity index (χ0v) is 19.9. The molecule has 1 aliphatic rings. The zero-order chi connectivity index (χ0) is 27.0. The van der Waals surface area contributed by atoms with Gasteiger partial charge in [-0.3, -0.25) is 9.80 Å². The van der Waals surface area contributed by atoms with Gasteiger partial charge in [0.1, 0.15) is 5.82 Å². The van der Waals surface area contributed by atoms with Crippen molar-refractivity contribution in [2.45, 2.75) is 58.4 Å². The van der Waals surface area contributed by atoms with Gasteiger partial charge in [0.25, 0.3) is 0 Å². The highest BCUT2D eigenvalue weighted by Crippen LogP contribution is 2.20. The fourth-order valence-electron chi connectivity index (χ4n) is 2.70. The van der Waals surface area contributed by atoms with Crippen LogP contribution in [0.2, 0.25) is 0 Å². The molecule has 15 heteroatoms. The lowest BCUT2D eigenvalue weighted by atomic mass is 10.3. The van der Waals surface area contributed by atoms with E-state index in [1.165, 1.54) is 16.4 Å². The number of halogens is 6. The summed E-state index contributed by atoms with van der Waals surface area (Å²) in [6, 6.07) is 4.91. The number of carbonyl (C=O) groups is 2. The molecule has 0 saturated carbocycles. The second kappa shape index (κ2) is 12.9. The second-order valence-electron chi connectivity index (χ2n) is 7.72. The third-order valence-corrected chi connectivity index (χ3v) is 5.62. The van der Waals surface area contributed by atoms with Crippen molar-refractivity contribution in [1.29, 1.82) is 0 Å². The Hall–Kier alpha value is -2.65. The van der Waals surface area contributed by atoms with Gasteiger partial charge in [-0.25, -0.2) is 14.6 Å². The molecule has 2 N–H and O–H groups in total. The second-order valence-corrected chi connectivity index (χ2v) is 8.75. The summed E-state index contributed by atoms with van der Waals surface area (Å²) in [5.74, 6) is -4.30. The molecule has 0 unspecified atom stereocenters. The molecule has 3 rings (SSSR count). The van der Waals surface area contributed by atoms with E-state index in [2.05, 4.69) is 64.0 Å². The number of alkyl halides is 6. The zero-order valence-electron chi connectivity index (χ0n) is 19.1. The summed E-state index contributed by atoms with van der Waals surface area (Å²) in [7, 11) is 2.18. The molecule has 0 spiro atoms. The van der Waals surface area contributed by atoms with E-state index in [1.54, 1.807) is 0 Å². The van der Waals surface area contributed by atoms with Crippen molar-refractivity contribution in [3.63, 3.8) is 0 Å². The first kappa shape index (κ1) is 30.4. The molecule has 0 amide bonds. The first-order chi connectivity index (χ1) is 16.0. The fraction of sp³-hybridized carbons (Fsp3) is 0.550. The molecule has 0 aromatic carbocycles. The van der Waals surface area contributed by atoms with Crippen molar-refractivity contribution in [3.8, 4) is 0 Å². The van der Waals surface area contributed by atoms with Gasteiger partial charge in [0.05, 0.1) is 12.2 Å². The standard InChI is InChI=1S/C16H24N4S.2C2HF3O2/c1-13(2)18(3)10-14-9-17-16-12-19(6-7-20(14)16)11-15-5-4-8-21-15;2*3-2(4,5)1(6)7/h4-5,8-9,13H,6-7,10-12H2,1-3H3;2*(H,6,7). The van der Waals surface area contributed by atoms with Gasteiger partial charge in [-0.2, -0.15) is 26.3 Å². The van der Waals surface area contributed by atoms with Gasteiger partial charge in [-0.05, 0) is 32.3 Å². The molecule has 0 aliphatic carbocycles. The number of hydrogen-bond acceptors (Lipinski definition) is 6. The Morgan fingerprint density at radius 1 is 1.11 bits per heavy atom. The smallest absolute Gasteiger partial charge is 0.475 e. The Balaban J connectivity index is 0.000000362. The van der Waals surface area contributed by atoms with Gasteiger partial charge < -0.3 is 14.8 Å². The van der Waals surface area contributed by atoms with Crippen molar-refractivity contribution >= 4 is 23.3 Å². The molecule has 8 nitrogen and oxygen atoms in total. The fourth-order valence-corrected chi connectivity index (χ4v) is 3.44. The van der Waals surface area contributed by atoms with Gasteiger partial charge in [-0.1, -0.05) is 6.07 Å². The summed E-state index contributed by atoms with van der Waals surface area (Å²) < 4.78 is 65.9. The number of imidazole rings is 1. The van der Waals surface area contributed by atoms with Gasteiger partial charge in [0.15, 0.2) is 0 Å². The number of rotatable bonds is 5. The van der Waals surface area contributed by atoms with E-state index >= 15 is 0 Å². The van der Waals surface area contributed by atoms with Crippen molar-refractivity contribution in [2.75, 3.05) is 13.6 Å². The highest BCUT2D eigenvalue weighted by Gasteiger charge is 2.38. The number of thiophene rings is 1. The number of hydrogen-bond donors (Lipinski definition) is 2. The number of carboxylic acids is 2. The van der Waals surface area contributed by atoms with E-state index in [9.17, 15) is 26.3 Å². The van der Waals surface area contributed by atoms with Crippen molar-refractivity contribution in [3.05, 3.63) is 40.1 Å². The molecular formula is C20H26F6N4O4S. The number of aliphatic carboxylic acids is 2. The van der Waals surface area contributed by atoms with Crippen LogP contribution in [0.4, 0.5) is 26.3 Å². The number of nitrogens with zero attached hydrogens (tertiary/aromatic N) is 4. The molecule has 1 aliphatic heterocycles. The van der Waals surface area contributed by atoms with Crippen molar-refractivity contribution in [1.82, 2.24) is 19.4 Å². The lowest BCUT2D eigenvalue weighted by Crippen LogP contribution is -2.34. The minimum Gasteiger partial charge on any atom is -0.475 e. The summed E-state index contributed by atoms with van der Waals surface area (Å²) in [4.78, 5) is 28.7. The average Bonchev–Trinajstić information content (AvgIpc) is 3.37. The third kappa shape index (κ3) is 10.7. The van der Waals surface area contributed by atoms with Crippen LogP contribution in [0.3, 0.4) is 0 Å². The topological polar surface area (TPSA) is 98.9 Å². The molecule has 0 saturated heterocycles. The lowest BCUT2D eigenvalue weighted by molar-refractivity contribution is -0.193. The average molecular weight is 533 g/mol. The van der Waals surface area contributed by atoms with Crippen LogP contribution in [0.25, 0.3) is 0 Å². The Labute approximate surface area is 201 Å². The highest BCUT2D eigenvalue weighted by molar-refractivity contribution is 7.09. The largest absolute Gasteiger partial charge is 0.490 e. The molecule has 3 heterocycles. The Kier molecular flexibility index (Phi) is 11.2. The van der Waals surface area contributed by atoms with Crippen LogP contribution in [-0.4, -0.2) is 73.5 Å². The minimum atomic E-state index is -5.08. The minimum absolute atomic E-state index is 0.565. The summed E-state index contributed by atoms with van der Waals surface area (Å²) in [5, 5.41) is 16.4. The first-order valence-corrected chi connectivity index (χ1v) is 11.0. The molecule has 0 bridgehead atoms. The van der Waals surface area contributed by atoms with E-state index in [1.807, 2.05) is 11.3 Å². The molecular weight excluding hydrogens is 506 g/mol. The lowest BCUT2D eigenvalue weighted by Gasteiger charge is -2.29. The summed E-state index contributed by atoms with van der Waals surface area (Å²) in [5.41, 5.74) is 1.34. The molecule has 35 heavy (non-hydrogen) atoms. The predicted octanol–water partition coefficient (Wildman–Crippen LogP) is 4.07. The van der Waals surface area contributed by atoms with E-state index in [-0.39, 0.29) is 0 Å². The van der Waals surface area contributed by atoms with Crippen LogP contribution in [0, 0.1) is 0 Å². The molecule has 0 radical (unpaired) electrons. The highest BCUT2D eigenvalue weighted by atomic mass is 32.1. The van der Waals surface area contributed by atoms with Crippen LogP contribution in [-0.2, 0) is 35.8 Å². The maximum Gasteiger partial charge on any atom is 0.490 e. The van der Waals surface area contributed by atoms with Crippen LogP contribution in [0.1, 0.15) is 30.2 Å².